The third-order valence-electron chi connectivity index (χ3n) is 3.73. The zero-order valence-corrected chi connectivity index (χ0v) is 11.3. The zero-order valence-electron chi connectivity index (χ0n) is 11.3. The fourth-order valence-corrected chi connectivity index (χ4v) is 2.60. The monoisotopic (exact) mass is 283 g/mol. The van der Waals surface area contributed by atoms with Crippen molar-refractivity contribution in [2.75, 3.05) is 6.54 Å². The zero-order chi connectivity index (χ0) is 14.8. The number of carbonyl (C=O) groups excluding carboxylic acids is 2. The van der Waals surface area contributed by atoms with Gasteiger partial charge < -0.3 is 0 Å². The first-order valence-electron chi connectivity index (χ1n) is 6.80. The Morgan fingerprint density at radius 2 is 1.71 bits per heavy atom. The van der Waals surface area contributed by atoms with Gasteiger partial charge in [0, 0.05) is 24.4 Å². The van der Waals surface area contributed by atoms with Gasteiger partial charge in [-0.15, -0.1) is 0 Å². The highest BCUT2D eigenvalue weighted by molar-refractivity contribution is 6.06. The minimum absolute atomic E-state index is 0.0306. The molecule has 3 nitrogen and oxygen atoms in total. The number of hydrogen-bond donors (Lipinski definition) is 0. The van der Waals surface area contributed by atoms with Crippen molar-refractivity contribution < 1.29 is 14.0 Å². The van der Waals surface area contributed by atoms with Gasteiger partial charge in [-0.05, 0) is 29.8 Å². The van der Waals surface area contributed by atoms with Crippen LogP contribution in [0.3, 0.4) is 0 Å². The van der Waals surface area contributed by atoms with Crippen molar-refractivity contribution >= 4 is 11.8 Å². The van der Waals surface area contributed by atoms with E-state index in [1.54, 1.807) is 0 Å². The van der Waals surface area contributed by atoms with Gasteiger partial charge in [-0.2, -0.15) is 0 Å². The molecule has 0 N–H and O–H groups in total. The van der Waals surface area contributed by atoms with E-state index in [9.17, 15) is 14.0 Å². The molecule has 0 unspecified atom stereocenters. The smallest absolute Gasteiger partial charge is 0.260 e. The Kier molecular flexibility index (Phi) is 3.52. The largest absolute Gasteiger partial charge is 0.278 e. The SMILES string of the molecule is O=C1C[C@H](c2ccccc2)CN1C(=O)c1ccc(F)cc1. The lowest BCUT2D eigenvalue weighted by atomic mass is 9.98. The molecular formula is C17H14FNO2. The molecule has 3 rings (SSSR count). The molecule has 1 aliphatic rings. The second-order valence-electron chi connectivity index (χ2n) is 5.13. The summed E-state index contributed by atoms with van der Waals surface area (Å²) in [4.78, 5) is 25.7. The van der Waals surface area contributed by atoms with Gasteiger partial charge in [0.2, 0.25) is 5.91 Å². The van der Waals surface area contributed by atoms with Crippen molar-refractivity contribution in [1.82, 2.24) is 4.90 Å². The highest BCUT2D eigenvalue weighted by Crippen LogP contribution is 2.29. The minimum Gasteiger partial charge on any atom is -0.278 e. The highest BCUT2D eigenvalue weighted by atomic mass is 19.1. The van der Waals surface area contributed by atoms with E-state index in [4.69, 9.17) is 0 Å². The van der Waals surface area contributed by atoms with Crippen LogP contribution in [0.5, 0.6) is 0 Å². The average molecular weight is 283 g/mol. The number of likely N-dealkylation sites (tertiary alicyclic amines) is 1. The summed E-state index contributed by atoms with van der Waals surface area (Å²) < 4.78 is 12.9. The maximum atomic E-state index is 12.9. The van der Waals surface area contributed by atoms with Crippen LogP contribution in [-0.2, 0) is 4.79 Å². The van der Waals surface area contributed by atoms with Crippen LogP contribution in [-0.4, -0.2) is 23.3 Å². The topological polar surface area (TPSA) is 37.4 Å². The Bertz CT molecular complexity index is 667. The van der Waals surface area contributed by atoms with Gasteiger partial charge in [-0.3, -0.25) is 14.5 Å². The van der Waals surface area contributed by atoms with Gasteiger partial charge in [0.15, 0.2) is 0 Å². The lowest BCUT2D eigenvalue weighted by molar-refractivity contribution is -0.125. The maximum Gasteiger partial charge on any atom is 0.260 e. The molecule has 21 heavy (non-hydrogen) atoms. The van der Waals surface area contributed by atoms with Crippen LogP contribution in [0.2, 0.25) is 0 Å². The van der Waals surface area contributed by atoms with Crippen LogP contribution in [0.15, 0.2) is 54.6 Å². The quantitative estimate of drug-likeness (QED) is 0.795. The number of imide groups is 1. The molecule has 1 aliphatic heterocycles. The van der Waals surface area contributed by atoms with Crippen LogP contribution in [0, 0.1) is 5.82 Å². The molecule has 1 fully saturated rings. The van der Waals surface area contributed by atoms with E-state index in [1.165, 1.54) is 29.2 Å². The maximum absolute atomic E-state index is 12.9. The number of amides is 2. The van der Waals surface area contributed by atoms with Crippen LogP contribution in [0.1, 0.15) is 28.3 Å². The summed E-state index contributed by atoms with van der Waals surface area (Å²) in [7, 11) is 0. The van der Waals surface area contributed by atoms with Crippen molar-refractivity contribution in [2.45, 2.75) is 12.3 Å². The number of halogens is 1. The third kappa shape index (κ3) is 2.70. The molecule has 2 aromatic carbocycles. The number of carbonyl (C=O) groups is 2. The first kappa shape index (κ1) is 13.5. The number of hydrogen-bond acceptors (Lipinski definition) is 2. The molecule has 0 spiro atoms. The van der Waals surface area contributed by atoms with Crippen LogP contribution < -0.4 is 0 Å². The van der Waals surface area contributed by atoms with Crippen molar-refractivity contribution in [3.8, 4) is 0 Å². The third-order valence-corrected chi connectivity index (χ3v) is 3.73. The van der Waals surface area contributed by atoms with Gasteiger partial charge in [0.05, 0.1) is 0 Å². The van der Waals surface area contributed by atoms with E-state index in [0.29, 0.717) is 18.5 Å². The van der Waals surface area contributed by atoms with Crippen molar-refractivity contribution in [1.29, 1.82) is 0 Å². The van der Waals surface area contributed by atoms with E-state index < -0.39 is 5.82 Å². The summed E-state index contributed by atoms with van der Waals surface area (Å²) >= 11 is 0. The van der Waals surface area contributed by atoms with E-state index in [-0.39, 0.29) is 17.7 Å². The van der Waals surface area contributed by atoms with Gasteiger partial charge in [-0.1, -0.05) is 30.3 Å². The van der Waals surface area contributed by atoms with Crippen LogP contribution in [0.4, 0.5) is 4.39 Å². The molecule has 0 aliphatic carbocycles. The Morgan fingerprint density at radius 1 is 1.05 bits per heavy atom. The van der Waals surface area contributed by atoms with Gasteiger partial charge in [0.1, 0.15) is 5.82 Å². The molecule has 0 aromatic heterocycles. The summed E-state index contributed by atoms with van der Waals surface area (Å²) in [5, 5.41) is 0. The first-order chi connectivity index (χ1) is 10.1. The van der Waals surface area contributed by atoms with Crippen molar-refractivity contribution in [3.63, 3.8) is 0 Å². The second kappa shape index (κ2) is 5.48. The van der Waals surface area contributed by atoms with Crippen LogP contribution in [0.25, 0.3) is 0 Å². The van der Waals surface area contributed by atoms with E-state index >= 15 is 0 Å². The Labute approximate surface area is 122 Å². The van der Waals surface area contributed by atoms with E-state index in [0.717, 1.165) is 5.56 Å². The van der Waals surface area contributed by atoms with Crippen molar-refractivity contribution in [2.24, 2.45) is 0 Å². The molecule has 106 valence electrons. The molecule has 4 heteroatoms. The molecule has 0 saturated carbocycles. The van der Waals surface area contributed by atoms with Gasteiger partial charge >= 0.3 is 0 Å². The van der Waals surface area contributed by atoms with E-state index in [1.807, 2.05) is 30.3 Å². The molecule has 0 radical (unpaired) electrons. The Hall–Kier alpha value is -2.49. The molecule has 0 bridgehead atoms. The Balaban J connectivity index is 1.79. The summed E-state index contributed by atoms with van der Waals surface area (Å²) in [6, 6.07) is 14.9. The molecular weight excluding hydrogens is 269 g/mol. The lowest BCUT2D eigenvalue weighted by Gasteiger charge is -2.15. The number of benzene rings is 2. The number of rotatable bonds is 2. The standard InChI is InChI=1S/C17H14FNO2/c18-15-8-6-13(7-9-15)17(21)19-11-14(10-16(19)20)12-4-2-1-3-5-12/h1-9,14H,10-11H2/t14-/m0/s1. The predicted molar refractivity (Wildman–Crippen MR) is 76.2 cm³/mol. The normalized spacial score (nSPS) is 18.0. The first-order valence-corrected chi connectivity index (χ1v) is 6.80. The van der Waals surface area contributed by atoms with Crippen molar-refractivity contribution in [3.05, 3.63) is 71.5 Å². The second-order valence-corrected chi connectivity index (χ2v) is 5.13. The summed E-state index contributed by atoms with van der Waals surface area (Å²) in [6.07, 6.45) is 0.330. The molecule has 1 atom stereocenters. The molecule has 2 amide bonds. The van der Waals surface area contributed by atoms with Crippen LogP contribution >= 0.6 is 0 Å². The molecule has 1 saturated heterocycles. The fourth-order valence-electron chi connectivity index (χ4n) is 2.60. The van der Waals surface area contributed by atoms with Gasteiger partial charge in [0.25, 0.3) is 5.91 Å². The molecule has 1 heterocycles. The summed E-state index contributed by atoms with van der Waals surface area (Å²) in [6.45, 7) is 0.374. The highest BCUT2D eigenvalue weighted by Gasteiger charge is 2.34. The fraction of sp³-hybridized carbons (Fsp3) is 0.176. The lowest BCUT2D eigenvalue weighted by Crippen LogP contribution is -2.32. The minimum atomic E-state index is -0.401. The number of nitrogens with zero attached hydrogens (tertiary/aromatic N) is 1. The summed E-state index contributed by atoms with van der Waals surface area (Å²) in [5.41, 5.74) is 1.39. The Morgan fingerprint density at radius 3 is 2.38 bits per heavy atom. The van der Waals surface area contributed by atoms with E-state index in [2.05, 4.69) is 0 Å². The predicted octanol–water partition coefficient (Wildman–Crippen LogP) is 2.98. The summed E-state index contributed by atoms with van der Waals surface area (Å²) in [5.74, 6) is -0.916. The van der Waals surface area contributed by atoms with Gasteiger partial charge in [-0.25, -0.2) is 4.39 Å². The molecule has 2 aromatic rings. The average Bonchev–Trinajstić information content (AvgIpc) is 2.90.